The fourth-order valence-electron chi connectivity index (χ4n) is 5.61. The van der Waals surface area contributed by atoms with Gasteiger partial charge in [0.25, 0.3) is 5.91 Å². The summed E-state index contributed by atoms with van der Waals surface area (Å²) in [6.07, 6.45) is 1.36. The van der Waals surface area contributed by atoms with Crippen LogP contribution in [0.5, 0.6) is 5.75 Å². The zero-order valence-electron chi connectivity index (χ0n) is 30.4. The molecule has 1 amide bonds. The summed E-state index contributed by atoms with van der Waals surface area (Å²) in [7, 11) is -2.60. The number of esters is 2. The zero-order valence-corrected chi connectivity index (χ0v) is 32.8. The summed E-state index contributed by atoms with van der Waals surface area (Å²) < 4.78 is 32.9. The molecule has 2 heterocycles. The molecule has 3 atom stereocenters. The topological polar surface area (TPSA) is 175 Å². The number of amides is 1. The van der Waals surface area contributed by atoms with Crippen molar-refractivity contribution in [2.45, 2.75) is 78.0 Å². The zero-order chi connectivity index (χ0) is 39.1. The van der Waals surface area contributed by atoms with E-state index in [1.165, 1.54) is 39.3 Å². The molecule has 14 nitrogen and oxygen atoms in total. The Hall–Kier alpha value is -4.07. The highest BCUT2D eigenvalue weighted by molar-refractivity contribution is 7.54. The predicted molar refractivity (Wildman–Crippen MR) is 198 cm³/mol. The molecule has 1 fully saturated rings. The van der Waals surface area contributed by atoms with Gasteiger partial charge in [0, 0.05) is 43.2 Å². The Kier molecular flexibility index (Phi) is 14.0. The number of piperidine rings is 1. The van der Waals surface area contributed by atoms with Crippen LogP contribution in [0.1, 0.15) is 85.1 Å². The number of aromatic nitrogens is 2. The third-order valence-corrected chi connectivity index (χ3v) is 11.1. The minimum Gasteiger partial charge on any atom is -0.468 e. The highest BCUT2D eigenvalue weighted by atomic mass is 35.5. The molecule has 1 aliphatic heterocycles. The third kappa shape index (κ3) is 11.2. The lowest BCUT2D eigenvalue weighted by molar-refractivity contribution is -0.155. The molecule has 0 radical (unpaired) electrons. The van der Waals surface area contributed by atoms with Crippen LogP contribution in [-0.2, 0) is 30.0 Å². The number of ketones is 1. The minimum absolute atomic E-state index is 0.0595. The number of hydrogen-bond acceptors (Lipinski definition) is 10. The van der Waals surface area contributed by atoms with E-state index in [9.17, 15) is 28.5 Å². The van der Waals surface area contributed by atoms with Crippen molar-refractivity contribution in [1.29, 1.82) is 0 Å². The van der Waals surface area contributed by atoms with Crippen LogP contribution in [0.2, 0.25) is 10.0 Å². The average Bonchev–Trinajstić information content (AvgIpc) is 3.50. The van der Waals surface area contributed by atoms with Gasteiger partial charge in [-0.05, 0) is 64.8 Å². The van der Waals surface area contributed by atoms with Crippen molar-refractivity contribution >= 4 is 60.4 Å². The van der Waals surface area contributed by atoms with Gasteiger partial charge in [-0.1, -0.05) is 54.4 Å². The molecular formula is C36H44Cl2N5O9P. The van der Waals surface area contributed by atoms with Gasteiger partial charge in [0.15, 0.2) is 11.5 Å². The first-order valence-corrected chi connectivity index (χ1v) is 19.3. The SMILES string of the molecule is COC(=O)[C@H](C)NP(=O)(Oc1ccccc1)N1CCC(NC(=O)c2nn(C(=O)[C@H](C)CC(=O)OC(C)(C)C)cc2CC(=O)c2c(Cl)cccc2Cl)CC1. The van der Waals surface area contributed by atoms with E-state index in [-0.39, 0.29) is 52.8 Å². The number of halogens is 2. The smallest absolute Gasteiger partial charge is 0.393 e. The summed E-state index contributed by atoms with van der Waals surface area (Å²) in [5, 5.41) is 10.3. The van der Waals surface area contributed by atoms with Gasteiger partial charge in [-0.3, -0.25) is 24.0 Å². The first-order chi connectivity index (χ1) is 24.9. The fourth-order valence-corrected chi connectivity index (χ4v) is 8.31. The second-order valence-electron chi connectivity index (χ2n) is 13.7. The molecule has 1 aromatic heterocycles. The molecule has 2 N–H and O–H groups in total. The standard InChI is InChI=1S/C36H44Cl2N5O9P/c1-22(19-30(45)51-36(3,4)5)34(47)43-21-24(20-29(44)31-27(37)13-10-14-28(31)38)32(40-43)33(46)39-25-15-17-42(18-16-25)53(49,41-23(2)35(48)50-6)52-26-11-8-7-9-12-26/h7-14,21-23,25H,15-20H2,1-6H3,(H,39,46)(H,41,49)/t22-,23+,53?/m1/s1. The number of methoxy groups -OCH3 is 1. The van der Waals surface area contributed by atoms with E-state index in [1.54, 1.807) is 61.8 Å². The molecule has 0 spiro atoms. The summed E-state index contributed by atoms with van der Waals surface area (Å²) in [5.41, 5.74) is -0.720. The normalized spacial score (nSPS) is 16.2. The summed E-state index contributed by atoms with van der Waals surface area (Å²) >= 11 is 12.6. The average molecular weight is 793 g/mol. The van der Waals surface area contributed by atoms with E-state index in [0.717, 1.165) is 4.68 Å². The van der Waals surface area contributed by atoms with E-state index in [2.05, 4.69) is 15.5 Å². The molecule has 4 rings (SSSR count). The van der Waals surface area contributed by atoms with Crippen molar-refractivity contribution in [1.82, 2.24) is 24.9 Å². The van der Waals surface area contributed by atoms with Crippen molar-refractivity contribution in [2.24, 2.45) is 5.92 Å². The first kappa shape index (κ1) is 41.7. The number of ether oxygens (including phenoxy) is 2. The number of carbonyl (C=O) groups excluding carboxylic acids is 5. The molecule has 1 aliphatic rings. The molecule has 0 bridgehead atoms. The maximum Gasteiger partial charge on any atom is 0.393 e. The Labute approximate surface area is 318 Å². The number of para-hydroxylation sites is 1. The van der Waals surface area contributed by atoms with Gasteiger partial charge in [-0.15, -0.1) is 0 Å². The summed E-state index contributed by atoms with van der Waals surface area (Å²) in [6, 6.07) is 11.8. The van der Waals surface area contributed by atoms with Crippen LogP contribution in [0, 0.1) is 5.92 Å². The molecular weight excluding hydrogens is 748 g/mol. The first-order valence-electron chi connectivity index (χ1n) is 17.0. The Bertz CT molecular complexity index is 1850. The number of nitrogens with one attached hydrogen (secondary N) is 2. The fraction of sp³-hybridized carbons (Fsp3) is 0.444. The van der Waals surface area contributed by atoms with Gasteiger partial charge in [-0.25, -0.2) is 19.0 Å². The molecule has 0 aliphatic carbocycles. The highest BCUT2D eigenvalue weighted by Gasteiger charge is 2.40. The van der Waals surface area contributed by atoms with Crippen LogP contribution in [-0.4, -0.2) is 81.9 Å². The maximum absolute atomic E-state index is 14.3. The van der Waals surface area contributed by atoms with Crippen molar-refractivity contribution in [3.8, 4) is 5.75 Å². The Morgan fingerprint density at radius 3 is 2.19 bits per heavy atom. The number of nitrogens with zero attached hydrogens (tertiary/aromatic N) is 3. The van der Waals surface area contributed by atoms with Crippen LogP contribution in [0.3, 0.4) is 0 Å². The molecule has 17 heteroatoms. The van der Waals surface area contributed by atoms with Crippen LogP contribution < -0.4 is 14.9 Å². The highest BCUT2D eigenvalue weighted by Crippen LogP contribution is 2.48. The van der Waals surface area contributed by atoms with Gasteiger partial charge in [0.05, 0.1) is 29.1 Å². The van der Waals surface area contributed by atoms with Crippen molar-refractivity contribution in [3.05, 3.63) is 81.6 Å². The van der Waals surface area contributed by atoms with Crippen molar-refractivity contribution < 1.29 is 42.5 Å². The van der Waals surface area contributed by atoms with Crippen LogP contribution >= 0.6 is 30.9 Å². The monoisotopic (exact) mass is 791 g/mol. The molecule has 1 saturated heterocycles. The van der Waals surface area contributed by atoms with E-state index >= 15 is 0 Å². The van der Waals surface area contributed by atoms with Crippen LogP contribution in [0.15, 0.2) is 54.7 Å². The van der Waals surface area contributed by atoms with Crippen LogP contribution in [0.4, 0.5) is 0 Å². The largest absolute Gasteiger partial charge is 0.468 e. The Morgan fingerprint density at radius 2 is 1.60 bits per heavy atom. The summed E-state index contributed by atoms with van der Waals surface area (Å²) in [6.45, 7) is 8.62. The van der Waals surface area contributed by atoms with Gasteiger partial charge < -0.3 is 19.3 Å². The van der Waals surface area contributed by atoms with Crippen molar-refractivity contribution in [3.63, 3.8) is 0 Å². The molecule has 1 unspecified atom stereocenters. The lowest BCUT2D eigenvalue weighted by Crippen LogP contribution is -2.47. The molecule has 2 aromatic carbocycles. The second kappa shape index (κ2) is 17.8. The minimum atomic E-state index is -3.83. The number of hydrogen-bond donors (Lipinski definition) is 2. The molecule has 0 saturated carbocycles. The molecule has 3 aromatic rings. The molecule has 286 valence electrons. The predicted octanol–water partition coefficient (Wildman–Crippen LogP) is 6.16. The Balaban J connectivity index is 1.54. The number of benzene rings is 2. The maximum atomic E-state index is 14.3. The van der Waals surface area contributed by atoms with E-state index in [0.29, 0.717) is 18.6 Å². The van der Waals surface area contributed by atoms with E-state index < -0.39 is 60.8 Å². The molecule has 53 heavy (non-hydrogen) atoms. The number of rotatable bonds is 14. The lowest BCUT2D eigenvalue weighted by atomic mass is 10.0. The summed E-state index contributed by atoms with van der Waals surface area (Å²) in [4.78, 5) is 65.4. The quantitative estimate of drug-likeness (QED) is 0.108. The second-order valence-corrected chi connectivity index (χ2v) is 16.5. The van der Waals surface area contributed by atoms with Gasteiger partial charge in [-0.2, -0.15) is 5.10 Å². The van der Waals surface area contributed by atoms with Crippen LogP contribution in [0.25, 0.3) is 0 Å². The van der Waals surface area contributed by atoms with E-state index in [4.69, 9.17) is 37.2 Å². The van der Waals surface area contributed by atoms with Gasteiger partial charge in [0.1, 0.15) is 17.4 Å². The number of carbonyl (C=O) groups is 5. The van der Waals surface area contributed by atoms with E-state index in [1.807, 2.05) is 0 Å². The number of Topliss-reactive ketones (excluding diaryl/α,β-unsaturated/α-hetero) is 1. The van der Waals surface area contributed by atoms with Crippen molar-refractivity contribution in [2.75, 3.05) is 20.2 Å². The van der Waals surface area contributed by atoms with Gasteiger partial charge in [0.2, 0.25) is 5.91 Å². The lowest BCUT2D eigenvalue weighted by Gasteiger charge is -2.37. The third-order valence-electron chi connectivity index (χ3n) is 8.20. The van der Waals surface area contributed by atoms with Gasteiger partial charge >= 0.3 is 19.6 Å². The Morgan fingerprint density at radius 1 is 0.981 bits per heavy atom. The summed E-state index contributed by atoms with van der Waals surface area (Å²) in [5.74, 6) is -3.46.